The number of esters is 1. The maximum absolute atomic E-state index is 13.4. The number of nitrogens with one attached hydrogen (secondary N) is 1. The maximum atomic E-state index is 13.4. The van der Waals surface area contributed by atoms with Gasteiger partial charge in [0.25, 0.3) is 5.91 Å². The molecule has 0 radical (unpaired) electrons. The van der Waals surface area contributed by atoms with Crippen molar-refractivity contribution in [1.29, 1.82) is 0 Å². The third-order valence-electron chi connectivity index (χ3n) is 5.81. The summed E-state index contributed by atoms with van der Waals surface area (Å²) < 4.78 is 7.11. The Balaban J connectivity index is 2.06. The molecule has 2 heterocycles. The topological polar surface area (TPSA) is 76.5 Å². The van der Waals surface area contributed by atoms with Crippen LogP contribution in [0.25, 0.3) is 11.4 Å². The molecule has 0 spiro atoms. The van der Waals surface area contributed by atoms with E-state index in [9.17, 15) is 9.59 Å². The lowest BCUT2D eigenvalue weighted by molar-refractivity contribution is -0.145. The summed E-state index contributed by atoms with van der Waals surface area (Å²) in [5.41, 5.74) is 1.75. The highest BCUT2D eigenvalue weighted by Gasteiger charge is 2.36. The molecule has 0 saturated heterocycles. The Morgan fingerprint density at radius 2 is 1.81 bits per heavy atom. The fourth-order valence-electron chi connectivity index (χ4n) is 3.97. The van der Waals surface area contributed by atoms with Crippen LogP contribution in [-0.4, -0.2) is 52.1 Å². The van der Waals surface area contributed by atoms with Gasteiger partial charge in [0.05, 0.1) is 12.8 Å². The summed E-state index contributed by atoms with van der Waals surface area (Å²) in [4.78, 5) is 32.9. The first-order chi connectivity index (χ1) is 14.6. The summed E-state index contributed by atoms with van der Waals surface area (Å²) in [6, 6.07) is 9.52. The third kappa shape index (κ3) is 4.98. The van der Waals surface area contributed by atoms with Gasteiger partial charge in [-0.2, -0.15) is 0 Å². The van der Waals surface area contributed by atoms with E-state index >= 15 is 0 Å². The molecule has 31 heavy (non-hydrogen) atoms. The molecule has 2 aromatic rings. The van der Waals surface area contributed by atoms with Gasteiger partial charge >= 0.3 is 5.97 Å². The van der Waals surface area contributed by atoms with E-state index in [1.807, 2.05) is 51.1 Å². The highest BCUT2D eigenvalue weighted by atomic mass is 16.5. The molecule has 1 atom stereocenters. The number of hydrogen-bond acceptors (Lipinski definition) is 5. The Morgan fingerprint density at radius 3 is 2.39 bits per heavy atom. The molecule has 0 saturated carbocycles. The second-order valence-electron chi connectivity index (χ2n) is 9.46. The monoisotopic (exact) mass is 426 g/mol. The number of ether oxygens (including phenoxy) is 1. The van der Waals surface area contributed by atoms with E-state index in [2.05, 4.69) is 28.6 Å². The molecular weight excluding hydrogens is 392 g/mol. The standard InChI is InChI=1S/C24H34N4O3/c1-16(2)27-13-10-14-28-18(15-27)19(25-21(28)17-11-8-7-9-12-17)22(29)26-20(23(30)31-6)24(3,4)5/h7-9,11-12,16,20H,10,13-15H2,1-6H3,(H,26,29)/t20-/m1/s1. The maximum Gasteiger partial charge on any atom is 0.328 e. The number of benzene rings is 1. The summed E-state index contributed by atoms with van der Waals surface area (Å²) >= 11 is 0. The van der Waals surface area contributed by atoms with E-state index < -0.39 is 17.4 Å². The lowest BCUT2D eigenvalue weighted by Crippen LogP contribution is -2.50. The van der Waals surface area contributed by atoms with E-state index in [1.54, 1.807) is 0 Å². The molecule has 1 N–H and O–H groups in total. The number of carbonyl (C=O) groups is 2. The average Bonchev–Trinajstić information content (AvgIpc) is 2.93. The van der Waals surface area contributed by atoms with Crippen molar-refractivity contribution in [3.8, 4) is 11.4 Å². The Kier molecular flexibility index (Phi) is 6.84. The minimum absolute atomic E-state index is 0.345. The van der Waals surface area contributed by atoms with Crippen LogP contribution in [0.2, 0.25) is 0 Å². The Hall–Kier alpha value is -2.67. The number of imidazole rings is 1. The minimum Gasteiger partial charge on any atom is -0.467 e. The fourth-order valence-corrected chi connectivity index (χ4v) is 3.97. The van der Waals surface area contributed by atoms with Crippen LogP contribution in [0.3, 0.4) is 0 Å². The molecule has 168 valence electrons. The smallest absolute Gasteiger partial charge is 0.328 e. The van der Waals surface area contributed by atoms with Crippen LogP contribution in [0, 0.1) is 5.41 Å². The van der Waals surface area contributed by atoms with Gasteiger partial charge in [0.15, 0.2) is 5.69 Å². The largest absolute Gasteiger partial charge is 0.467 e. The molecule has 0 bridgehead atoms. The molecular formula is C24H34N4O3. The van der Waals surface area contributed by atoms with Crippen LogP contribution in [0.1, 0.15) is 57.2 Å². The van der Waals surface area contributed by atoms with Gasteiger partial charge in [-0.3, -0.25) is 9.69 Å². The highest BCUT2D eigenvalue weighted by molar-refractivity contribution is 5.97. The van der Waals surface area contributed by atoms with Gasteiger partial charge in [-0.25, -0.2) is 9.78 Å². The first-order valence-corrected chi connectivity index (χ1v) is 10.9. The van der Waals surface area contributed by atoms with Crippen molar-refractivity contribution in [2.24, 2.45) is 5.41 Å². The SMILES string of the molecule is COC(=O)[C@@H](NC(=O)c1nc(-c2ccccc2)n2c1CN(C(C)C)CCC2)C(C)(C)C. The molecule has 1 aromatic heterocycles. The molecule has 0 fully saturated rings. The molecule has 1 amide bonds. The number of nitrogens with zero attached hydrogens (tertiary/aromatic N) is 3. The van der Waals surface area contributed by atoms with E-state index in [4.69, 9.17) is 9.72 Å². The van der Waals surface area contributed by atoms with Crippen molar-refractivity contribution in [2.45, 2.75) is 66.2 Å². The van der Waals surface area contributed by atoms with Gasteiger partial charge in [-0.15, -0.1) is 0 Å². The van der Waals surface area contributed by atoms with E-state index in [0.29, 0.717) is 18.3 Å². The van der Waals surface area contributed by atoms with Crippen LogP contribution in [-0.2, 0) is 22.6 Å². The molecule has 7 heteroatoms. The molecule has 1 aliphatic heterocycles. The number of rotatable bonds is 5. The van der Waals surface area contributed by atoms with Crippen molar-refractivity contribution in [2.75, 3.05) is 13.7 Å². The lowest BCUT2D eigenvalue weighted by atomic mass is 9.86. The summed E-state index contributed by atoms with van der Waals surface area (Å²) in [7, 11) is 1.34. The number of fused-ring (bicyclic) bond motifs is 1. The number of methoxy groups -OCH3 is 1. The first kappa shape index (κ1) is 23.0. The summed E-state index contributed by atoms with van der Waals surface area (Å²) in [5, 5.41) is 2.90. The molecule has 3 rings (SSSR count). The van der Waals surface area contributed by atoms with Crippen LogP contribution in [0.15, 0.2) is 30.3 Å². The minimum atomic E-state index is -0.769. The molecule has 1 aliphatic rings. The van der Waals surface area contributed by atoms with Gasteiger partial charge in [-0.05, 0) is 25.7 Å². The number of aromatic nitrogens is 2. The third-order valence-corrected chi connectivity index (χ3v) is 5.81. The zero-order valence-electron chi connectivity index (χ0n) is 19.4. The van der Waals surface area contributed by atoms with Gasteiger partial charge < -0.3 is 14.6 Å². The number of hydrogen-bond donors (Lipinski definition) is 1. The van der Waals surface area contributed by atoms with Gasteiger partial charge in [0.2, 0.25) is 0 Å². The second-order valence-corrected chi connectivity index (χ2v) is 9.46. The summed E-state index contributed by atoms with van der Waals surface area (Å²) in [6.45, 7) is 12.4. The van der Waals surface area contributed by atoms with Gasteiger partial charge in [0, 0.05) is 31.2 Å². The second kappa shape index (κ2) is 9.22. The summed E-state index contributed by atoms with van der Waals surface area (Å²) in [5.74, 6) is -0.0168. The van der Waals surface area contributed by atoms with E-state index in [1.165, 1.54) is 7.11 Å². The van der Waals surface area contributed by atoms with Crippen molar-refractivity contribution in [3.05, 3.63) is 41.7 Å². The normalized spacial score (nSPS) is 15.8. The van der Waals surface area contributed by atoms with Crippen molar-refractivity contribution in [3.63, 3.8) is 0 Å². The van der Waals surface area contributed by atoms with Crippen molar-refractivity contribution in [1.82, 2.24) is 19.8 Å². The first-order valence-electron chi connectivity index (χ1n) is 10.9. The molecule has 0 aliphatic carbocycles. The van der Waals surface area contributed by atoms with Gasteiger partial charge in [0.1, 0.15) is 11.9 Å². The summed E-state index contributed by atoms with van der Waals surface area (Å²) in [6.07, 6.45) is 0.981. The van der Waals surface area contributed by atoms with E-state index in [-0.39, 0.29) is 5.91 Å². The number of carbonyl (C=O) groups excluding carboxylic acids is 2. The van der Waals surface area contributed by atoms with Crippen LogP contribution in [0.4, 0.5) is 0 Å². The van der Waals surface area contributed by atoms with Gasteiger partial charge in [-0.1, -0.05) is 51.1 Å². The number of amides is 1. The zero-order valence-corrected chi connectivity index (χ0v) is 19.4. The van der Waals surface area contributed by atoms with E-state index in [0.717, 1.165) is 36.6 Å². The van der Waals surface area contributed by atoms with Crippen LogP contribution in [0.5, 0.6) is 0 Å². The quantitative estimate of drug-likeness (QED) is 0.741. The van der Waals surface area contributed by atoms with Crippen molar-refractivity contribution >= 4 is 11.9 Å². The van der Waals surface area contributed by atoms with Crippen LogP contribution < -0.4 is 5.32 Å². The average molecular weight is 427 g/mol. The predicted octanol–water partition coefficient (Wildman–Crippen LogP) is 3.48. The Labute approximate surface area is 184 Å². The molecule has 7 nitrogen and oxygen atoms in total. The zero-order chi connectivity index (χ0) is 22.8. The lowest BCUT2D eigenvalue weighted by Gasteiger charge is -2.29. The van der Waals surface area contributed by atoms with Crippen molar-refractivity contribution < 1.29 is 14.3 Å². The van der Waals surface area contributed by atoms with Crippen LogP contribution >= 0.6 is 0 Å². The molecule has 0 unspecified atom stereocenters. The Morgan fingerprint density at radius 1 is 1.13 bits per heavy atom. The molecule has 1 aromatic carbocycles. The Bertz CT molecular complexity index is 928. The predicted molar refractivity (Wildman–Crippen MR) is 121 cm³/mol. The fraction of sp³-hybridized carbons (Fsp3) is 0.542. The highest BCUT2D eigenvalue weighted by Crippen LogP contribution is 2.28.